The number of benzene rings is 1. The van der Waals surface area contributed by atoms with Gasteiger partial charge >= 0.3 is 0 Å². The summed E-state index contributed by atoms with van der Waals surface area (Å²) in [5, 5.41) is 3.38. The highest BCUT2D eigenvalue weighted by molar-refractivity contribution is 5.39. The Kier molecular flexibility index (Phi) is 2.83. The van der Waals surface area contributed by atoms with Crippen molar-refractivity contribution in [2.75, 3.05) is 7.05 Å². The quantitative estimate of drug-likeness (QED) is 0.796. The zero-order valence-electron chi connectivity index (χ0n) is 10.1. The van der Waals surface area contributed by atoms with Crippen LogP contribution in [-0.4, -0.2) is 12.6 Å². The largest absolute Gasteiger partial charge is 0.314 e. The molecule has 0 amide bonds. The van der Waals surface area contributed by atoms with E-state index in [4.69, 9.17) is 0 Å². The van der Waals surface area contributed by atoms with Crippen LogP contribution >= 0.6 is 0 Å². The van der Waals surface area contributed by atoms with Gasteiger partial charge in [-0.25, -0.2) is 0 Å². The highest BCUT2D eigenvalue weighted by atomic mass is 14.9. The van der Waals surface area contributed by atoms with Gasteiger partial charge in [-0.05, 0) is 63.3 Å². The van der Waals surface area contributed by atoms with Crippen LogP contribution in [0.25, 0.3) is 0 Å². The Hall–Kier alpha value is -0.820. The fraction of sp³-hybridized carbons (Fsp3) is 0.571. The molecule has 0 saturated carbocycles. The topological polar surface area (TPSA) is 12.0 Å². The van der Waals surface area contributed by atoms with Crippen molar-refractivity contribution in [2.24, 2.45) is 0 Å². The molecule has 1 nitrogen and oxygen atoms in total. The van der Waals surface area contributed by atoms with Crippen LogP contribution < -0.4 is 5.32 Å². The minimum absolute atomic E-state index is 0.206. The third kappa shape index (κ3) is 2.23. The summed E-state index contributed by atoms with van der Waals surface area (Å²) in [6.07, 6.45) is 5.04. The molecule has 82 valence electrons. The van der Waals surface area contributed by atoms with Gasteiger partial charge in [-0.2, -0.15) is 0 Å². The molecule has 2 rings (SSSR count). The number of likely N-dealkylation sites (N-methyl/N-ethyl adjacent to an activating group) is 1. The van der Waals surface area contributed by atoms with Crippen molar-refractivity contribution in [1.29, 1.82) is 0 Å². The predicted molar refractivity (Wildman–Crippen MR) is 65.3 cm³/mol. The molecule has 1 aliphatic rings. The second kappa shape index (κ2) is 3.97. The number of hydrogen-bond donors (Lipinski definition) is 1. The van der Waals surface area contributed by atoms with Gasteiger partial charge < -0.3 is 5.32 Å². The Bertz CT molecular complexity index is 352. The Morgan fingerprint density at radius 1 is 1.27 bits per heavy atom. The first-order valence-electron chi connectivity index (χ1n) is 5.91. The monoisotopic (exact) mass is 203 g/mol. The Balaban J connectivity index is 2.26. The first-order valence-corrected chi connectivity index (χ1v) is 5.91. The summed E-state index contributed by atoms with van der Waals surface area (Å²) in [7, 11) is 2.04. The molecule has 0 atom stereocenters. The maximum Gasteiger partial charge on any atom is 0.0162 e. The van der Waals surface area contributed by atoms with E-state index in [2.05, 4.69) is 37.4 Å². The molecule has 0 heterocycles. The lowest BCUT2D eigenvalue weighted by atomic mass is 9.91. The Morgan fingerprint density at radius 2 is 2.07 bits per heavy atom. The van der Waals surface area contributed by atoms with Crippen molar-refractivity contribution in [2.45, 2.75) is 45.1 Å². The van der Waals surface area contributed by atoms with Crippen LogP contribution in [0.15, 0.2) is 18.2 Å². The molecular weight excluding hydrogens is 182 g/mol. The minimum Gasteiger partial charge on any atom is -0.314 e. The average Bonchev–Trinajstić information content (AvgIpc) is 2.66. The first-order chi connectivity index (χ1) is 7.12. The van der Waals surface area contributed by atoms with Crippen molar-refractivity contribution in [1.82, 2.24) is 5.32 Å². The van der Waals surface area contributed by atoms with E-state index in [-0.39, 0.29) is 5.54 Å². The van der Waals surface area contributed by atoms with Gasteiger partial charge in [0.2, 0.25) is 0 Å². The van der Waals surface area contributed by atoms with Crippen molar-refractivity contribution < 1.29 is 0 Å². The van der Waals surface area contributed by atoms with Crippen LogP contribution in [0.1, 0.15) is 37.0 Å². The van der Waals surface area contributed by atoms with Crippen LogP contribution in [0, 0.1) is 0 Å². The van der Waals surface area contributed by atoms with Crippen LogP contribution in [0.2, 0.25) is 0 Å². The van der Waals surface area contributed by atoms with Crippen LogP contribution in [0.3, 0.4) is 0 Å². The van der Waals surface area contributed by atoms with Crippen molar-refractivity contribution in [3.63, 3.8) is 0 Å². The van der Waals surface area contributed by atoms with E-state index < -0.39 is 0 Å². The third-order valence-corrected chi connectivity index (χ3v) is 3.55. The molecule has 0 radical (unpaired) electrons. The molecule has 15 heavy (non-hydrogen) atoms. The summed E-state index contributed by atoms with van der Waals surface area (Å²) in [4.78, 5) is 0. The zero-order chi connectivity index (χ0) is 10.9. The van der Waals surface area contributed by atoms with E-state index >= 15 is 0 Å². The van der Waals surface area contributed by atoms with Gasteiger partial charge in [-0.1, -0.05) is 18.2 Å². The second-order valence-corrected chi connectivity index (χ2v) is 5.22. The summed E-state index contributed by atoms with van der Waals surface area (Å²) in [6.45, 7) is 4.53. The normalized spacial score (nSPS) is 15.4. The maximum atomic E-state index is 3.38. The molecule has 0 saturated heterocycles. The standard InChI is InChI=1S/C14H21N/c1-14(2,15-3)10-12-8-4-6-11-7-5-9-13(11)12/h4,6,8,15H,5,7,9-10H2,1-3H3. The lowest BCUT2D eigenvalue weighted by Crippen LogP contribution is -2.38. The lowest BCUT2D eigenvalue weighted by Gasteiger charge is -2.25. The zero-order valence-corrected chi connectivity index (χ0v) is 10.1. The molecule has 0 unspecified atom stereocenters. The van der Waals surface area contributed by atoms with E-state index in [0.717, 1.165) is 6.42 Å². The fourth-order valence-corrected chi connectivity index (χ4v) is 2.43. The summed E-state index contributed by atoms with van der Waals surface area (Å²) in [5.74, 6) is 0. The van der Waals surface area contributed by atoms with Gasteiger partial charge in [0.05, 0.1) is 0 Å². The van der Waals surface area contributed by atoms with Crippen molar-refractivity contribution in [3.05, 3.63) is 34.9 Å². The van der Waals surface area contributed by atoms with Gasteiger partial charge in [0.15, 0.2) is 0 Å². The highest BCUT2D eigenvalue weighted by Gasteiger charge is 2.20. The van der Waals surface area contributed by atoms with Crippen molar-refractivity contribution in [3.8, 4) is 0 Å². The first kappa shape index (κ1) is 10.7. The van der Waals surface area contributed by atoms with E-state index in [1.54, 1.807) is 16.7 Å². The summed E-state index contributed by atoms with van der Waals surface area (Å²) in [5.41, 5.74) is 4.96. The average molecular weight is 203 g/mol. The van der Waals surface area contributed by atoms with Gasteiger partial charge in [0, 0.05) is 5.54 Å². The summed E-state index contributed by atoms with van der Waals surface area (Å²) < 4.78 is 0. The van der Waals surface area contributed by atoms with E-state index in [0.29, 0.717) is 0 Å². The van der Waals surface area contributed by atoms with E-state index in [9.17, 15) is 0 Å². The maximum absolute atomic E-state index is 3.38. The second-order valence-electron chi connectivity index (χ2n) is 5.22. The van der Waals surface area contributed by atoms with Gasteiger partial charge in [-0.15, -0.1) is 0 Å². The summed E-state index contributed by atoms with van der Waals surface area (Å²) in [6, 6.07) is 6.80. The predicted octanol–water partition coefficient (Wildman–Crippen LogP) is 2.72. The third-order valence-electron chi connectivity index (χ3n) is 3.55. The summed E-state index contributed by atoms with van der Waals surface area (Å²) >= 11 is 0. The molecule has 0 fully saturated rings. The fourth-order valence-electron chi connectivity index (χ4n) is 2.43. The number of nitrogens with one attached hydrogen (secondary N) is 1. The van der Waals surface area contributed by atoms with Gasteiger partial charge in [0.1, 0.15) is 0 Å². The van der Waals surface area contributed by atoms with E-state index in [1.807, 2.05) is 7.05 Å². The van der Waals surface area contributed by atoms with Crippen LogP contribution in [0.5, 0.6) is 0 Å². The van der Waals surface area contributed by atoms with Crippen molar-refractivity contribution >= 4 is 0 Å². The number of hydrogen-bond acceptors (Lipinski definition) is 1. The molecule has 0 aliphatic heterocycles. The Morgan fingerprint density at radius 3 is 2.80 bits per heavy atom. The molecule has 1 aliphatic carbocycles. The molecule has 0 spiro atoms. The molecule has 1 aromatic carbocycles. The van der Waals surface area contributed by atoms with Gasteiger partial charge in [0.25, 0.3) is 0 Å². The molecule has 1 N–H and O–H groups in total. The van der Waals surface area contributed by atoms with Gasteiger partial charge in [-0.3, -0.25) is 0 Å². The minimum atomic E-state index is 0.206. The molecule has 1 heteroatoms. The highest BCUT2D eigenvalue weighted by Crippen LogP contribution is 2.27. The number of rotatable bonds is 3. The smallest absolute Gasteiger partial charge is 0.0162 e. The molecular formula is C14H21N. The van der Waals surface area contributed by atoms with Crippen LogP contribution in [-0.2, 0) is 19.3 Å². The number of aryl methyl sites for hydroxylation is 1. The Labute approximate surface area is 92.9 Å². The molecule has 0 bridgehead atoms. The van der Waals surface area contributed by atoms with E-state index in [1.165, 1.54) is 19.3 Å². The lowest BCUT2D eigenvalue weighted by molar-refractivity contribution is 0.421. The molecule has 0 aromatic heterocycles. The SMILES string of the molecule is CNC(C)(C)Cc1cccc2c1CCC2. The molecule has 1 aromatic rings. The van der Waals surface area contributed by atoms with Crippen LogP contribution in [0.4, 0.5) is 0 Å². The number of fused-ring (bicyclic) bond motifs is 1.